The molecule has 1 atom stereocenters. The number of imidazole rings is 1. The van der Waals surface area contributed by atoms with Gasteiger partial charge in [-0.15, -0.1) is 0 Å². The third-order valence-electron chi connectivity index (χ3n) is 3.45. The van der Waals surface area contributed by atoms with Crippen LogP contribution in [-0.4, -0.2) is 22.2 Å². The highest BCUT2D eigenvalue weighted by Gasteiger charge is 2.22. The average Bonchev–Trinajstić information content (AvgIpc) is 2.89. The Bertz CT molecular complexity index is 622. The van der Waals surface area contributed by atoms with Crippen LogP contribution in [0.25, 0.3) is 11.0 Å². The van der Waals surface area contributed by atoms with E-state index in [1.807, 2.05) is 22.8 Å². The van der Waals surface area contributed by atoms with Crippen LogP contribution in [0.1, 0.15) is 12.5 Å². The maximum atomic E-state index is 12.3. The first-order valence-electron chi connectivity index (χ1n) is 5.76. The second-order valence-corrected chi connectivity index (χ2v) is 4.87. The summed E-state index contributed by atoms with van der Waals surface area (Å²) in [5.41, 5.74) is 1.77. The Morgan fingerprint density at radius 2 is 2.29 bits per heavy atom. The molecule has 1 unspecified atom stereocenters. The summed E-state index contributed by atoms with van der Waals surface area (Å²) in [4.78, 5) is 12.3. The molecule has 1 aliphatic rings. The summed E-state index contributed by atoms with van der Waals surface area (Å²) < 4.78 is 3.50. The smallest absolute Gasteiger partial charge is 0.315 e. The molecule has 0 bridgehead atoms. The molecule has 0 aliphatic carbocycles. The molecule has 2 aromatic rings. The van der Waals surface area contributed by atoms with Gasteiger partial charge in [-0.25, -0.2) is 4.79 Å². The molecule has 1 N–H and O–H groups in total. The summed E-state index contributed by atoms with van der Waals surface area (Å²) in [5.74, 6) is 0. The Kier molecular flexibility index (Phi) is 2.49. The lowest BCUT2D eigenvalue weighted by atomic mass is 10.2. The van der Waals surface area contributed by atoms with Crippen molar-refractivity contribution in [3.05, 3.63) is 33.7 Å². The minimum absolute atomic E-state index is 0.0156. The van der Waals surface area contributed by atoms with Crippen LogP contribution in [0.5, 0.6) is 0 Å². The van der Waals surface area contributed by atoms with Crippen LogP contribution in [0.15, 0.2) is 23.0 Å². The van der Waals surface area contributed by atoms with Crippen LogP contribution in [0.3, 0.4) is 0 Å². The van der Waals surface area contributed by atoms with Crippen molar-refractivity contribution in [3.63, 3.8) is 0 Å². The van der Waals surface area contributed by atoms with Gasteiger partial charge in [0.1, 0.15) is 0 Å². The zero-order valence-electron chi connectivity index (χ0n) is 9.61. The Morgan fingerprint density at radius 3 is 3.00 bits per heavy atom. The molecule has 4 nitrogen and oxygen atoms in total. The number of aromatic nitrogens is 2. The highest BCUT2D eigenvalue weighted by atomic mass is 35.5. The number of hydrogen-bond donors (Lipinski definition) is 1. The lowest BCUT2D eigenvalue weighted by Gasteiger charge is -2.10. The van der Waals surface area contributed by atoms with E-state index in [1.165, 1.54) is 0 Å². The summed E-state index contributed by atoms with van der Waals surface area (Å²) in [7, 11) is 1.77. The van der Waals surface area contributed by atoms with Gasteiger partial charge in [-0.3, -0.25) is 9.13 Å². The van der Waals surface area contributed by atoms with Gasteiger partial charge in [-0.2, -0.15) is 0 Å². The fraction of sp³-hybridized carbons (Fsp3) is 0.417. The first kappa shape index (κ1) is 10.9. The maximum Gasteiger partial charge on any atom is 0.329 e. The van der Waals surface area contributed by atoms with Crippen molar-refractivity contribution in [1.29, 1.82) is 0 Å². The van der Waals surface area contributed by atoms with E-state index in [9.17, 15) is 4.79 Å². The largest absolute Gasteiger partial charge is 0.329 e. The van der Waals surface area contributed by atoms with Crippen molar-refractivity contribution in [1.82, 2.24) is 14.5 Å². The van der Waals surface area contributed by atoms with Gasteiger partial charge in [-0.1, -0.05) is 17.7 Å². The van der Waals surface area contributed by atoms with E-state index >= 15 is 0 Å². The molecule has 3 rings (SSSR count). The fourth-order valence-electron chi connectivity index (χ4n) is 2.60. The zero-order chi connectivity index (χ0) is 12.0. The minimum Gasteiger partial charge on any atom is -0.315 e. The van der Waals surface area contributed by atoms with E-state index < -0.39 is 0 Å². The monoisotopic (exact) mass is 251 g/mol. The number of halogens is 1. The van der Waals surface area contributed by atoms with Gasteiger partial charge in [0.25, 0.3) is 0 Å². The van der Waals surface area contributed by atoms with E-state index in [2.05, 4.69) is 5.32 Å². The lowest BCUT2D eigenvalue weighted by Crippen LogP contribution is -2.27. The third-order valence-corrected chi connectivity index (χ3v) is 3.76. The van der Waals surface area contributed by atoms with Crippen molar-refractivity contribution < 1.29 is 0 Å². The van der Waals surface area contributed by atoms with Crippen molar-refractivity contribution in [2.75, 3.05) is 13.1 Å². The summed E-state index contributed by atoms with van der Waals surface area (Å²) in [6.45, 7) is 1.82. The first-order valence-corrected chi connectivity index (χ1v) is 6.14. The molecular weight excluding hydrogens is 238 g/mol. The molecule has 1 aromatic carbocycles. The van der Waals surface area contributed by atoms with Crippen LogP contribution in [0, 0.1) is 0 Å². The number of hydrogen-bond acceptors (Lipinski definition) is 2. The van der Waals surface area contributed by atoms with E-state index in [1.54, 1.807) is 11.6 Å². The third kappa shape index (κ3) is 1.51. The number of nitrogens with one attached hydrogen (secondary N) is 1. The van der Waals surface area contributed by atoms with Gasteiger partial charge in [0.05, 0.1) is 22.1 Å². The van der Waals surface area contributed by atoms with Crippen LogP contribution >= 0.6 is 11.6 Å². The zero-order valence-corrected chi connectivity index (χ0v) is 10.4. The topological polar surface area (TPSA) is 39.0 Å². The van der Waals surface area contributed by atoms with Crippen molar-refractivity contribution >= 4 is 22.6 Å². The fourth-order valence-corrected chi connectivity index (χ4v) is 2.90. The minimum atomic E-state index is 0.0156. The number of para-hydroxylation sites is 1. The standard InChI is InChI=1S/C12H14ClN3O/c1-15-11-9(13)3-2-4-10(11)16(12(15)17)8-5-6-14-7-8/h2-4,8,14H,5-7H2,1H3. The Labute approximate surface area is 104 Å². The Balaban J connectivity index is 2.34. The van der Waals surface area contributed by atoms with Gasteiger partial charge < -0.3 is 5.32 Å². The summed E-state index contributed by atoms with van der Waals surface area (Å²) >= 11 is 6.17. The van der Waals surface area contributed by atoms with Crippen LogP contribution < -0.4 is 11.0 Å². The summed E-state index contributed by atoms with van der Waals surface area (Å²) in [5, 5.41) is 3.92. The predicted molar refractivity (Wildman–Crippen MR) is 68.7 cm³/mol. The van der Waals surface area contributed by atoms with Crippen molar-refractivity contribution in [2.45, 2.75) is 12.5 Å². The van der Waals surface area contributed by atoms with E-state index in [4.69, 9.17) is 11.6 Å². The van der Waals surface area contributed by atoms with Crippen molar-refractivity contribution in [2.24, 2.45) is 7.05 Å². The first-order chi connectivity index (χ1) is 8.20. The van der Waals surface area contributed by atoms with Crippen LogP contribution in [0.2, 0.25) is 5.02 Å². The number of aryl methyl sites for hydroxylation is 1. The molecule has 1 aliphatic heterocycles. The molecule has 2 heterocycles. The molecule has 1 saturated heterocycles. The molecule has 0 saturated carbocycles. The highest BCUT2D eigenvalue weighted by Crippen LogP contribution is 2.25. The second-order valence-electron chi connectivity index (χ2n) is 4.47. The molecule has 5 heteroatoms. The van der Waals surface area contributed by atoms with Crippen molar-refractivity contribution in [3.8, 4) is 0 Å². The van der Waals surface area contributed by atoms with Gasteiger partial charge >= 0.3 is 5.69 Å². The van der Waals surface area contributed by atoms with E-state index in [-0.39, 0.29) is 11.7 Å². The summed E-state index contributed by atoms with van der Waals surface area (Å²) in [6.07, 6.45) is 0.992. The molecule has 90 valence electrons. The highest BCUT2D eigenvalue weighted by molar-refractivity contribution is 6.35. The Morgan fingerprint density at radius 1 is 1.47 bits per heavy atom. The van der Waals surface area contributed by atoms with Gasteiger partial charge in [0, 0.05) is 13.6 Å². The molecule has 1 fully saturated rings. The molecule has 0 amide bonds. The SMILES string of the molecule is Cn1c(=O)n(C2CCNC2)c2cccc(Cl)c21. The molecule has 17 heavy (non-hydrogen) atoms. The number of benzene rings is 1. The normalized spacial score (nSPS) is 20.2. The number of rotatable bonds is 1. The summed E-state index contributed by atoms with van der Waals surface area (Å²) in [6, 6.07) is 5.91. The molecule has 0 radical (unpaired) electrons. The quantitative estimate of drug-likeness (QED) is 0.835. The second kappa shape index (κ2) is 3.89. The number of fused-ring (bicyclic) bond motifs is 1. The number of nitrogens with zero attached hydrogens (tertiary/aromatic N) is 2. The van der Waals surface area contributed by atoms with E-state index in [0.29, 0.717) is 5.02 Å². The molecule has 0 spiro atoms. The average molecular weight is 252 g/mol. The predicted octanol–water partition coefficient (Wildman–Crippen LogP) is 1.53. The maximum absolute atomic E-state index is 12.3. The Hall–Kier alpha value is -1.26. The van der Waals surface area contributed by atoms with Gasteiger partial charge in [0.15, 0.2) is 0 Å². The van der Waals surface area contributed by atoms with Gasteiger partial charge in [0.2, 0.25) is 0 Å². The van der Waals surface area contributed by atoms with Crippen LogP contribution in [0.4, 0.5) is 0 Å². The van der Waals surface area contributed by atoms with E-state index in [0.717, 1.165) is 30.5 Å². The lowest BCUT2D eigenvalue weighted by molar-refractivity contribution is 0.535. The van der Waals surface area contributed by atoms with Gasteiger partial charge in [-0.05, 0) is 25.1 Å². The van der Waals surface area contributed by atoms with Crippen LogP contribution in [-0.2, 0) is 7.05 Å². The molecule has 1 aromatic heterocycles. The molecular formula is C12H14ClN3O.